The molecular weight excluding hydrogens is 283 g/mol. The van der Waals surface area contributed by atoms with E-state index in [-0.39, 0.29) is 17.1 Å². The Morgan fingerprint density at radius 1 is 1.52 bits per heavy atom. The number of nitro groups is 1. The van der Waals surface area contributed by atoms with Crippen molar-refractivity contribution < 1.29 is 19.2 Å². The van der Waals surface area contributed by atoms with E-state index in [1.165, 1.54) is 16.7 Å². The summed E-state index contributed by atoms with van der Waals surface area (Å²) in [6.07, 6.45) is 0. The maximum absolute atomic E-state index is 13.8. The number of aromatic nitrogens is 2. The molecular formula is C12H11FN4O4. The van der Waals surface area contributed by atoms with Crippen molar-refractivity contribution in [3.05, 3.63) is 45.5 Å². The normalized spacial score (nSPS) is 10.4. The molecule has 0 atom stereocenters. The molecule has 2 N–H and O–H groups in total. The van der Waals surface area contributed by atoms with Crippen molar-refractivity contribution in [1.29, 1.82) is 0 Å². The molecule has 0 radical (unpaired) electrons. The number of nitrogens with zero attached hydrogens (tertiary/aromatic N) is 3. The zero-order valence-electron chi connectivity index (χ0n) is 11.1. The van der Waals surface area contributed by atoms with Crippen molar-refractivity contribution in [2.24, 2.45) is 7.05 Å². The molecule has 2 aromatic rings. The Labute approximate surface area is 118 Å². The second kappa shape index (κ2) is 5.19. The number of aryl methyl sites for hydroxylation is 1. The quantitative estimate of drug-likeness (QED) is 0.660. The number of nitrogens with one attached hydrogen (secondary N) is 1. The van der Waals surface area contributed by atoms with Gasteiger partial charge in [-0.15, -0.1) is 0 Å². The molecule has 2 rings (SSSR count). The van der Waals surface area contributed by atoms with E-state index < -0.39 is 22.5 Å². The van der Waals surface area contributed by atoms with Crippen LogP contribution in [0.1, 0.15) is 16.2 Å². The van der Waals surface area contributed by atoms with Crippen molar-refractivity contribution in [3.63, 3.8) is 0 Å². The molecule has 110 valence electrons. The number of halogens is 1. The number of hydrogen-bond donors (Lipinski definition) is 2. The zero-order chi connectivity index (χ0) is 15.7. The Kier molecular flexibility index (Phi) is 3.57. The summed E-state index contributed by atoms with van der Waals surface area (Å²) in [6.45, 7) is 1.57. The lowest BCUT2D eigenvalue weighted by molar-refractivity contribution is -0.388. The van der Waals surface area contributed by atoms with Crippen LogP contribution in [0.25, 0.3) is 0 Å². The highest BCUT2D eigenvalue weighted by Crippen LogP contribution is 2.28. The smallest absolute Gasteiger partial charge is 0.407 e. The van der Waals surface area contributed by atoms with Crippen LogP contribution in [0.15, 0.2) is 18.2 Å². The van der Waals surface area contributed by atoms with E-state index in [9.17, 15) is 19.3 Å². The number of carbonyl (C=O) groups is 1. The van der Waals surface area contributed by atoms with Crippen LogP contribution in [0.5, 0.6) is 0 Å². The highest BCUT2D eigenvalue weighted by molar-refractivity contribution is 5.88. The van der Waals surface area contributed by atoms with E-state index >= 15 is 0 Å². The first-order valence-electron chi connectivity index (χ1n) is 5.79. The molecule has 1 aromatic heterocycles. The standard InChI is InChI=1S/C12H11FN4O4/c1-6-14-11(17(20)21)10(16(6)2)15-9-4-3-7(12(18)19)5-8(9)13/h3-5,15H,1-2H3,(H,18,19). The average Bonchev–Trinajstić information content (AvgIpc) is 2.69. The number of imidazole rings is 1. The van der Waals surface area contributed by atoms with Crippen molar-refractivity contribution in [2.75, 3.05) is 5.32 Å². The van der Waals surface area contributed by atoms with E-state index in [0.29, 0.717) is 5.82 Å². The molecule has 0 bridgehead atoms. The van der Waals surface area contributed by atoms with Crippen molar-refractivity contribution in [2.45, 2.75) is 6.92 Å². The second-order valence-corrected chi connectivity index (χ2v) is 4.27. The molecule has 1 heterocycles. The Morgan fingerprint density at radius 3 is 2.71 bits per heavy atom. The molecule has 0 saturated heterocycles. The fourth-order valence-corrected chi connectivity index (χ4v) is 1.74. The minimum atomic E-state index is -1.26. The minimum absolute atomic E-state index is 0.0134. The van der Waals surface area contributed by atoms with Crippen LogP contribution in [0.4, 0.5) is 21.7 Å². The number of anilines is 2. The molecule has 0 unspecified atom stereocenters. The van der Waals surface area contributed by atoms with Gasteiger partial charge in [0, 0.05) is 14.0 Å². The predicted molar refractivity (Wildman–Crippen MR) is 71.2 cm³/mol. The SMILES string of the molecule is Cc1nc([N+](=O)[O-])c(Nc2ccc(C(=O)O)cc2F)n1C. The molecule has 0 aliphatic rings. The van der Waals surface area contributed by atoms with Crippen LogP contribution < -0.4 is 5.32 Å². The third-order valence-electron chi connectivity index (χ3n) is 2.94. The van der Waals surface area contributed by atoms with E-state index in [1.54, 1.807) is 14.0 Å². The minimum Gasteiger partial charge on any atom is -0.478 e. The van der Waals surface area contributed by atoms with E-state index in [4.69, 9.17) is 5.11 Å². The molecule has 0 fully saturated rings. The lowest BCUT2D eigenvalue weighted by Gasteiger charge is -2.08. The molecule has 8 nitrogen and oxygen atoms in total. The van der Waals surface area contributed by atoms with Gasteiger partial charge in [-0.05, 0) is 28.1 Å². The fourth-order valence-electron chi connectivity index (χ4n) is 1.74. The Morgan fingerprint density at radius 2 is 2.19 bits per heavy atom. The number of hydrogen-bond acceptors (Lipinski definition) is 5. The summed E-state index contributed by atoms with van der Waals surface area (Å²) in [5.41, 5.74) is -0.292. The van der Waals surface area contributed by atoms with Crippen LogP contribution in [0, 0.1) is 22.9 Å². The number of aromatic carboxylic acids is 1. The van der Waals surface area contributed by atoms with Crippen LogP contribution in [0.3, 0.4) is 0 Å². The summed E-state index contributed by atoms with van der Waals surface area (Å²) in [7, 11) is 1.54. The maximum atomic E-state index is 13.8. The topological polar surface area (TPSA) is 110 Å². The van der Waals surface area contributed by atoms with Gasteiger partial charge in [0.25, 0.3) is 0 Å². The van der Waals surface area contributed by atoms with Crippen molar-refractivity contribution in [3.8, 4) is 0 Å². The summed E-state index contributed by atoms with van der Waals surface area (Å²) < 4.78 is 15.2. The van der Waals surface area contributed by atoms with Gasteiger partial charge < -0.3 is 20.5 Å². The van der Waals surface area contributed by atoms with Gasteiger partial charge in [-0.3, -0.25) is 4.57 Å². The fraction of sp³-hybridized carbons (Fsp3) is 0.167. The van der Waals surface area contributed by atoms with Gasteiger partial charge >= 0.3 is 11.8 Å². The molecule has 0 aliphatic heterocycles. The van der Waals surface area contributed by atoms with Crippen LogP contribution >= 0.6 is 0 Å². The van der Waals surface area contributed by atoms with Gasteiger partial charge in [-0.25, -0.2) is 9.18 Å². The summed E-state index contributed by atoms with van der Waals surface area (Å²) in [4.78, 5) is 24.7. The van der Waals surface area contributed by atoms with Crippen LogP contribution in [-0.2, 0) is 7.05 Å². The Bertz CT molecular complexity index is 741. The summed E-state index contributed by atoms with van der Waals surface area (Å²) >= 11 is 0. The third kappa shape index (κ3) is 2.66. The second-order valence-electron chi connectivity index (χ2n) is 4.27. The van der Waals surface area contributed by atoms with Gasteiger partial charge in [-0.2, -0.15) is 0 Å². The van der Waals surface area contributed by atoms with E-state index in [2.05, 4.69) is 10.3 Å². The Hall–Kier alpha value is -2.97. The van der Waals surface area contributed by atoms with Crippen LogP contribution in [0.2, 0.25) is 0 Å². The molecule has 0 spiro atoms. The molecule has 0 aliphatic carbocycles. The molecule has 21 heavy (non-hydrogen) atoms. The van der Waals surface area contributed by atoms with Crippen LogP contribution in [-0.4, -0.2) is 25.6 Å². The molecule has 0 amide bonds. The average molecular weight is 294 g/mol. The summed E-state index contributed by atoms with van der Waals surface area (Å²) in [6, 6.07) is 3.23. The lowest BCUT2D eigenvalue weighted by Crippen LogP contribution is -2.04. The van der Waals surface area contributed by atoms with Gasteiger partial charge in [0.15, 0.2) is 0 Å². The van der Waals surface area contributed by atoms with Gasteiger partial charge in [0.1, 0.15) is 5.82 Å². The van der Waals surface area contributed by atoms with Gasteiger partial charge in [0.2, 0.25) is 11.6 Å². The number of rotatable bonds is 4. The summed E-state index contributed by atoms with van der Waals surface area (Å²) in [5.74, 6) is -2.13. The van der Waals surface area contributed by atoms with Crippen molar-refractivity contribution >= 4 is 23.3 Å². The zero-order valence-corrected chi connectivity index (χ0v) is 11.1. The third-order valence-corrected chi connectivity index (χ3v) is 2.94. The first-order valence-corrected chi connectivity index (χ1v) is 5.79. The van der Waals surface area contributed by atoms with Gasteiger partial charge in [-0.1, -0.05) is 0 Å². The van der Waals surface area contributed by atoms with Crippen molar-refractivity contribution in [1.82, 2.24) is 9.55 Å². The van der Waals surface area contributed by atoms with E-state index in [1.807, 2.05) is 0 Å². The highest BCUT2D eigenvalue weighted by atomic mass is 19.1. The highest BCUT2D eigenvalue weighted by Gasteiger charge is 2.24. The van der Waals surface area contributed by atoms with E-state index in [0.717, 1.165) is 6.07 Å². The largest absolute Gasteiger partial charge is 0.478 e. The molecule has 9 heteroatoms. The molecule has 1 aromatic carbocycles. The number of carboxylic acids is 1. The molecule has 0 saturated carbocycles. The Balaban J connectivity index is 2.43. The lowest BCUT2D eigenvalue weighted by atomic mass is 10.2. The maximum Gasteiger partial charge on any atom is 0.407 e. The van der Waals surface area contributed by atoms with Gasteiger partial charge in [0.05, 0.1) is 11.3 Å². The first-order chi connectivity index (χ1) is 9.81. The predicted octanol–water partition coefficient (Wildman–Crippen LogP) is 2.22. The number of carboxylic acid groups (broad SMARTS) is 1. The number of benzene rings is 1. The summed E-state index contributed by atoms with van der Waals surface area (Å²) in [5, 5.41) is 22.3. The monoisotopic (exact) mass is 294 g/mol. The first kappa shape index (κ1) is 14.4.